The van der Waals surface area contributed by atoms with Crippen LogP contribution in [0.5, 0.6) is 0 Å². The van der Waals surface area contributed by atoms with Gasteiger partial charge in [-0.15, -0.1) is 22.7 Å². The molecule has 0 spiro atoms. The Balaban J connectivity index is 1.82. The third-order valence-electron chi connectivity index (χ3n) is 2.98. The first-order chi connectivity index (χ1) is 9.74. The summed E-state index contributed by atoms with van der Waals surface area (Å²) < 4.78 is 0. The Kier molecular flexibility index (Phi) is 3.91. The number of benzene rings is 1. The van der Waals surface area contributed by atoms with Gasteiger partial charge in [-0.25, -0.2) is 9.97 Å². The molecule has 2 aromatic heterocycles. The highest BCUT2D eigenvalue weighted by Crippen LogP contribution is 2.25. The van der Waals surface area contributed by atoms with Crippen LogP contribution in [0.25, 0.3) is 11.3 Å². The van der Waals surface area contributed by atoms with E-state index in [2.05, 4.69) is 27.9 Å². The van der Waals surface area contributed by atoms with Gasteiger partial charge in [0.15, 0.2) is 0 Å². The second kappa shape index (κ2) is 5.83. The third kappa shape index (κ3) is 2.95. The first-order valence-electron chi connectivity index (χ1n) is 6.39. The molecule has 3 aromatic rings. The van der Waals surface area contributed by atoms with E-state index in [0.29, 0.717) is 6.54 Å². The molecule has 0 aliphatic rings. The van der Waals surface area contributed by atoms with Crippen molar-refractivity contribution in [2.24, 2.45) is 5.73 Å². The summed E-state index contributed by atoms with van der Waals surface area (Å²) in [5.74, 6) is 0. The molecule has 0 radical (unpaired) electrons. The van der Waals surface area contributed by atoms with Crippen LogP contribution in [-0.4, -0.2) is 9.97 Å². The summed E-state index contributed by atoms with van der Waals surface area (Å²) >= 11 is 3.38. The van der Waals surface area contributed by atoms with E-state index in [-0.39, 0.29) is 0 Å². The van der Waals surface area contributed by atoms with Crippen LogP contribution in [-0.2, 0) is 13.0 Å². The monoisotopic (exact) mass is 301 g/mol. The molecule has 0 atom stereocenters. The van der Waals surface area contributed by atoms with Crippen molar-refractivity contribution in [2.45, 2.75) is 19.9 Å². The highest BCUT2D eigenvalue weighted by Gasteiger charge is 2.08. The number of rotatable bonds is 4. The zero-order chi connectivity index (χ0) is 13.9. The summed E-state index contributed by atoms with van der Waals surface area (Å²) in [6, 6.07) is 8.24. The smallest absolute Gasteiger partial charge is 0.100 e. The van der Waals surface area contributed by atoms with E-state index in [9.17, 15) is 0 Å². The maximum absolute atomic E-state index is 5.68. The van der Waals surface area contributed by atoms with E-state index in [1.807, 2.05) is 19.1 Å². The van der Waals surface area contributed by atoms with Gasteiger partial charge < -0.3 is 5.73 Å². The standard InChI is InChI=1S/C15H15N3S2/c1-10-8-19-14(17-10)6-15-18-13(9-20-15)12-4-2-3-11(5-12)7-16/h2-5,8-9H,6-7,16H2,1H3. The summed E-state index contributed by atoms with van der Waals surface area (Å²) in [5, 5.41) is 6.41. The molecular formula is C15H15N3S2. The second-order valence-electron chi connectivity index (χ2n) is 4.59. The van der Waals surface area contributed by atoms with Gasteiger partial charge in [0, 0.05) is 28.6 Å². The van der Waals surface area contributed by atoms with Crippen LogP contribution < -0.4 is 5.73 Å². The number of aryl methyl sites for hydroxylation is 1. The van der Waals surface area contributed by atoms with Crippen LogP contribution in [0, 0.1) is 6.92 Å². The van der Waals surface area contributed by atoms with E-state index in [0.717, 1.165) is 39.0 Å². The van der Waals surface area contributed by atoms with E-state index in [4.69, 9.17) is 10.7 Å². The third-order valence-corrected chi connectivity index (χ3v) is 4.79. The maximum Gasteiger partial charge on any atom is 0.100 e. The molecule has 2 N–H and O–H groups in total. The predicted molar refractivity (Wildman–Crippen MR) is 85.1 cm³/mol. The van der Waals surface area contributed by atoms with Crippen molar-refractivity contribution in [2.75, 3.05) is 0 Å². The fourth-order valence-electron chi connectivity index (χ4n) is 2.00. The molecular weight excluding hydrogens is 286 g/mol. The van der Waals surface area contributed by atoms with Gasteiger partial charge in [-0.3, -0.25) is 0 Å². The Morgan fingerprint density at radius 3 is 2.65 bits per heavy atom. The average molecular weight is 301 g/mol. The molecule has 3 rings (SSSR count). The lowest BCUT2D eigenvalue weighted by molar-refractivity contribution is 1.07. The summed E-state index contributed by atoms with van der Waals surface area (Å²) in [6.07, 6.45) is 0.819. The lowest BCUT2D eigenvalue weighted by Crippen LogP contribution is -1.95. The molecule has 0 unspecified atom stereocenters. The van der Waals surface area contributed by atoms with Crippen LogP contribution in [0.3, 0.4) is 0 Å². The highest BCUT2D eigenvalue weighted by atomic mass is 32.1. The molecule has 102 valence electrons. The van der Waals surface area contributed by atoms with Crippen molar-refractivity contribution in [1.82, 2.24) is 9.97 Å². The Bertz CT molecular complexity index is 715. The van der Waals surface area contributed by atoms with Crippen molar-refractivity contribution in [1.29, 1.82) is 0 Å². The van der Waals surface area contributed by atoms with Gasteiger partial charge in [0.1, 0.15) is 5.01 Å². The van der Waals surface area contributed by atoms with Gasteiger partial charge in [0.2, 0.25) is 0 Å². The SMILES string of the molecule is Cc1csc(Cc2nc(-c3cccc(CN)c3)cs2)n1. The lowest BCUT2D eigenvalue weighted by atomic mass is 10.1. The van der Waals surface area contributed by atoms with Gasteiger partial charge in [0.25, 0.3) is 0 Å². The number of aromatic nitrogens is 2. The fraction of sp³-hybridized carbons (Fsp3) is 0.200. The molecule has 0 aliphatic heterocycles. The van der Waals surface area contributed by atoms with E-state index in [1.54, 1.807) is 22.7 Å². The summed E-state index contributed by atoms with van der Waals surface area (Å²) in [6.45, 7) is 2.58. The Morgan fingerprint density at radius 1 is 1.10 bits per heavy atom. The first kappa shape index (κ1) is 13.4. The minimum Gasteiger partial charge on any atom is -0.326 e. The zero-order valence-electron chi connectivity index (χ0n) is 11.2. The average Bonchev–Trinajstić information content (AvgIpc) is 3.09. The van der Waals surface area contributed by atoms with Crippen LogP contribution in [0.2, 0.25) is 0 Å². The summed E-state index contributed by atoms with van der Waals surface area (Å²) in [7, 11) is 0. The van der Waals surface area contributed by atoms with Gasteiger partial charge in [-0.1, -0.05) is 18.2 Å². The Hall–Kier alpha value is -1.56. The predicted octanol–water partition coefficient (Wildman–Crippen LogP) is 3.62. The number of nitrogens with two attached hydrogens (primary N) is 1. The molecule has 0 fully saturated rings. The minimum atomic E-state index is 0.559. The molecule has 3 nitrogen and oxygen atoms in total. The Labute approximate surface area is 126 Å². The largest absolute Gasteiger partial charge is 0.326 e. The molecule has 2 heterocycles. The van der Waals surface area contributed by atoms with Crippen molar-refractivity contribution in [3.05, 3.63) is 56.3 Å². The quantitative estimate of drug-likeness (QED) is 0.800. The fourth-order valence-corrected chi connectivity index (χ4v) is 3.67. The lowest BCUT2D eigenvalue weighted by Gasteiger charge is -2.00. The number of hydrogen-bond acceptors (Lipinski definition) is 5. The molecule has 0 saturated carbocycles. The van der Waals surface area contributed by atoms with Gasteiger partial charge >= 0.3 is 0 Å². The minimum absolute atomic E-state index is 0.559. The zero-order valence-corrected chi connectivity index (χ0v) is 12.8. The van der Waals surface area contributed by atoms with Crippen molar-refractivity contribution in [3.8, 4) is 11.3 Å². The van der Waals surface area contributed by atoms with Gasteiger partial charge in [0.05, 0.1) is 17.1 Å². The molecule has 5 heteroatoms. The molecule has 20 heavy (non-hydrogen) atoms. The Morgan fingerprint density at radius 2 is 1.90 bits per heavy atom. The van der Waals surface area contributed by atoms with Crippen LogP contribution in [0.15, 0.2) is 35.0 Å². The van der Waals surface area contributed by atoms with Crippen molar-refractivity contribution < 1.29 is 0 Å². The van der Waals surface area contributed by atoms with E-state index in [1.165, 1.54) is 0 Å². The maximum atomic E-state index is 5.68. The summed E-state index contributed by atoms with van der Waals surface area (Å²) in [4.78, 5) is 9.19. The topological polar surface area (TPSA) is 51.8 Å². The normalized spacial score (nSPS) is 10.9. The highest BCUT2D eigenvalue weighted by molar-refractivity contribution is 7.11. The number of hydrogen-bond donors (Lipinski definition) is 1. The van der Waals surface area contributed by atoms with Crippen LogP contribution in [0.4, 0.5) is 0 Å². The molecule has 0 amide bonds. The first-order valence-corrected chi connectivity index (χ1v) is 8.15. The summed E-state index contributed by atoms with van der Waals surface area (Å²) in [5.41, 5.74) is 10.0. The number of nitrogens with zero attached hydrogens (tertiary/aromatic N) is 2. The van der Waals surface area contributed by atoms with Crippen molar-refractivity contribution >= 4 is 22.7 Å². The van der Waals surface area contributed by atoms with Crippen LogP contribution >= 0.6 is 22.7 Å². The van der Waals surface area contributed by atoms with Gasteiger partial charge in [-0.05, 0) is 18.6 Å². The van der Waals surface area contributed by atoms with Crippen LogP contribution in [0.1, 0.15) is 21.3 Å². The van der Waals surface area contributed by atoms with Gasteiger partial charge in [-0.2, -0.15) is 0 Å². The molecule has 1 aromatic carbocycles. The number of thiazole rings is 2. The second-order valence-corrected chi connectivity index (χ2v) is 6.48. The molecule has 0 aliphatic carbocycles. The van der Waals surface area contributed by atoms with Crippen molar-refractivity contribution in [3.63, 3.8) is 0 Å². The molecule has 0 bridgehead atoms. The molecule has 0 saturated heterocycles. The van der Waals surface area contributed by atoms with E-state index < -0.39 is 0 Å². The van der Waals surface area contributed by atoms with E-state index >= 15 is 0 Å².